The molecule has 0 spiro atoms. The number of hydrogen-bond acceptors (Lipinski definition) is 3. The predicted molar refractivity (Wildman–Crippen MR) is 210 cm³/mol. The summed E-state index contributed by atoms with van der Waals surface area (Å²) in [6.45, 7) is 4.72. The summed E-state index contributed by atoms with van der Waals surface area (Å²) in [5, 5.41) is 5.75. The summed E-state index contributed by atoms with van der Waals surface area (Å²) >= 11 is 0. The van der Waals surface area contributed by atoms with Crippen LogP contribution in [-0.2, 0) is 5.41 Å². The van der Waals surface area contributed by atoms with Crippen molar-refractivity contribution in [1.29, 1.82) is 0 Å². The van der Waals surface area contributed by atoms with E-state index >= 15 is 0 Å². The summed E-state index contributed by atoms with van der Waals surface area (Å²) in [7, 11) is 0. The van der Waals surface area contributed by atoms with E-state index in [9.17, 15) is 0 Å². The highest BCUT2D eigenvalue weighted by atomic mass is 16.3. The minimum atomic E-state index is -0.275. The summed E-state index contributed by atoms with van der Waals surface area (Å²) in [6, 6.07) is 53.5. The lowest BCUT2D eigenvalue weighted by Crippen LogP contribution is -2.16. The average Bonchev–Trinajstić information content (AvgIpc) is 3.80. The summed E-state index contributed by atoms with van der Waals surface area (Å²) in [6.07, 6.45) is 0. The highest BCUT2D eigenvalue weighted by Crippen LogP contribution is 2.57. The van der Waals surface area contributed by atoms with Crippen LogP contribution >= 0.6 is 0 Å². The minimum Gasteiger partial charge on any atom is -0.455 e. The first-order valence-corrected chi connectivity index (χ1v) is 17.5. The van der Waals surface area contributed by atoms with Gasteiger partial charge in [-0.05, 0) is 47.0 Å². The van der Waals surface area contributed by atoms with E-state index in [1.165, 1.54) is 43.9 Å². The minimum absolute atomic E-state index is 0.275. The molecule has 10 aromatic rings. The molecule has 0 saturated heterocycles. The quantitative estimate of drug-likeness (QED) is 0.191. The highest BCUT2D eigenvalue weighted by molar-refractivity contribution is 6.31. The third-order valence-corrected chi connectivity index (χ3v) is 10.9. The molecule has 4 nitrogen and oxygen atoms in total. The maximum Gasteiger partial charge on any atom is 0.160 e. The van der Waals surface area contributed by atoms with Gasteiger partial charge in [0.25, 0.3) is 0 Å². The SMILES string of the molecule is CC1(C)c2ccccc2-c2c1c1c(c3ccccc3n1-c1ccc3nc(-c4ccccc4)nc(-c4ccccc4)c3c1)c1c2oc2ccccc21. The van der Waals surface area contributed by atoms with Crippen LogP contribution in [0.5, 0.6) is 0 Å². The van der Waals surface area contributed by atoms with E-state index in [1.54, 1.807) is 0 Å². The Morgan fingerprint density at radius 2 is 1.27 bits per heavy atom. The van der Waals surface area contributed by atoms with Gasteiger partial charge in [-0.2, -0.15) is 0 Å². The number of benzene rings is 7. The van der Waals surface area contributed by atoms with Crippen LogP contribution in [0, 0.1) is 0 Å². The molecule has 0 saturated carbocycles. The van der Waals surface area contributed by atoms with Gasteiger partial charge in [0.15, 0.2) is 5.82 Å². The molecule has 3 aromatic heterocycles. The second-order valence-corrected chi connectivity index (χ2v) is 14.1. The zero-order chi connectivity index (χ0) is 33.8. The monoisotopic (exact) mass is 653 g/mol. The van der Waals surface area contributed by atoms with Gasteiger partial charge in [0.2, 0.25) is 0 Å². The summed E-state index contributed by atoms with van der Waals surface area (Å²) in [4.78, 5) is 10.4. The number of nitrogens with zero attached hydrogens (tertiary/aromatic N) is 3. The van der Waals surface area contributed by atoms with E-state index in [4.69, 9.17) is 14.4 Å². The predicted octanol–water partition coefficient (Wildman–Crippen LogP) is 12.3. The number of fused-ring (bicyclic) bond motifs is 13. The van der Waals surface area contributed by atoms with Gasteiger partial charge in [-0.15, -0.1) is 0 Å². The Hall–Kier alpha value is -6.52. The molecule has 0 radical (unpaired) electrons. The molecule has 0 N–H and O–H groups in total. The molecule has 4 heteroatoms. The first-order chi connectivity index (χ1) is 25.1. The summed E-state index contributed by atoms with van der Waals surface area (Å²) < 4.78 is 9.35. The first kappa shape index (κ1) is 28.3. The van der Waals surface area contributed by atoms with E-state index in [2.05, 4.69) is 152 Å². The second-order valence-electron chi connectivity index (χ2n) is 14.1. The molecular weight excluding hydrogens is 623 g/mol. The lowest BCUT2D eigenvalue weighted by Gasteiger charge is -2.24. The average molecular weight is 654 g/mol. The lowest BCUT2D eigenvalue weighted by molar-refractivity contribution is 0.656. The Balaban J connectivity index is 1.31. The Kier molecular flexibility index (Phi) is 5.70. The van der Waals surface area contributed by atoms with Crippen LogP contribution in [0.4, 0.5) is 0 Å². The van der Waals surface area contributed by atoms with Crippen molar-refractivity contribution in [2.45, 2.75) is 19.3 Å². The van der Waals surface area contributed by atoms with Crippen LogP contribution < -0.4 is 0 Å². The largest absolute Gasteiger partial charge is 0.455 e. The van der Waals surface area contributed by atoms with E-state index in [1.807, 2.05) is 18.2 Å². The molecule has 0 aliphatic heterocycles. The molecule has 3 heterocycles. The molecule has 51 heavy (non-hydrogen) atoms. The molecule has 11 rings (SSSR count). The zero-order valence-electron chi connectivity index (χ0n) is 28.2. The molecule has 0 unspecified atom stereocenters. The summed E-state index contributed by atoms with van der Waals surface area (Å²) in [5.41, 5.74) is 14.0. The fourth-order valence-corrected chi connectivity index (χ4v) is 8.73. The molecule has 1 aliphatic carbocycles. The van der Waals surface area contributed by atoms with Crippen LogP contribution in [0.3, 0.4) is 0 Å². The molecule has 0 bridgehead atoms. The van der Waals surface area contributed by atoms with E-state index < -0.39 is 0 Å². The third-order valence-electron chi connectivity index (χ3n) is 10.9. The van der Waals surface area contributed by atoms with Crippen LogP contribution in [-0.4, -0.2) is 14.5 Å². The molecule has 1 aliphatic rings. The van der Waals surface area contributed by atoms with Gasteiger partial charge in [0.1, 0.15) is 11.2 Å². The normalized spacial score (nSPS) is 13.5. The smallest absolute Gasteiger partial charge is 0.160 e. The Morgan fingerprint density at radius 3 is 2.10 bits per heavy atom. The Labute approximate surface area is 294 Å². The maximum atomic E-state index is 6.86. The third kappa shape index (κ3) is 3.85. The molecule has 0 fully saturated rings. The Bertz CT molecular complexity index is 3040. The molecule has 7 aromatic carbocycles. The van der Waals surface area contributed by atoms with Crippen molar-refractivity contribution in [1.82, 2.24) is 14.5 Å². The molecule has 240 valence electrons. The van der Waals surface area contributed by atoms with Crippen molar-refractivity contribution in [3.8, 4) is 39.5 Å². The number of hydrogen-bond donors (Lipinski definition) is 0. The van der Waals surface area contributed by atoms with Gasteiger partial charge < -0.3 is 8.98 Å². The number of aromatic nitrogens is 3. The van der Waals surface area contributed by atoms with Gasteiger partial charge in [-0.1, -0.05) is 135 Å². The van der Waals surface area contributed by atoms with Gasteiger partial charge in [0, 0.05) is 54.7 Å². The molecular formula is C47H31N3O. The lowest BCUT2D eigenvalue weighted by atomic mass is 9.81. The van der Waals surface area contributed by atoms with Gasteiger partial charge in [-0.25, -0.2) is 9.97 Å². The van der Waals surface area contributed by atoms with Crippen molar-refractivity contribution in [2.75, 3.05) is 0 Å². The van der Waals surface area contributed by atoms with Crippen molar-refractivity contribution >= 4 is 54.6 Å². The topological polar surface area (TPSA) is 43.9 Å². The summed E-state index contributed by atoms with van der Waals surface area (Å²) in [5.74, 6) is 0.720. The fraction of sp³-hybridized carbons (Fsp3) is 0.0638. The van der Waals surface area contributed by atoms with Crippen LogP contribution in [0.25, 0.3) is 94.1 Å². The number of rotatable bonds is 3. The van der Waals surface area contributed by atoms with Crippen molar-refractivity contribution in [2.24, 2.45) is 0 Å². The van der Waals surface area contributed by atoms with E-state index in [0.29, 0.717) is 0 Å². The van der Waals surface area contributed by atoms with Crippen LogP contribution in [0.1, 0.15) is 25.0 Å². The van der Waals surface area contributed by atoms with E-state index in [-0.39, 0.29) is 5.41 Å². The fourth-order valence-electron chi connectivity index (χ4n) is 8.73. The van der Waals surface area contributed by atoms with Gasteiger partial charge >= 0.3 is 0 Å². The molecule has 0 amide bonds. The number of para-hydroxylation sites is 2. The van der Waals surface area contributed by atoms with Crippen molar-refractivity contribution in [3.05, 3.63) is 163 Å². The first-order valence-electron chi connectivity index (χ1n) is 17.5. The van der Waals surface area contributed by atoms with Crippen LogP contribution in [0.2, 0.25) is 0 Å². The van der Waals surface area contributed by atoms with Crippen molar-refractivity contribution in [3.63, 3.8) is 0 Å². The second kappa shape index (κ2) is 10.3. The van der Waals surface area contributed by atoms with Gasteiger partial charge in [0.05, 0.1) is 22.2 Å². The van der Waals surface area contributed by atoms with Crippen LogP contribution in [0.15, 0.2) is 156 Å². The Morgan fingerprint density at radius 1 is 0.588 bits per heavy atom. The highest BCUT2D eigenvalue weighted by Gasteiger charge is 2.41. The van der Waals surface area contributed by atoms with Crippen molar-refractivity contribution < 1.29 is 4.42 Å². The molecule has 0 atom stereocenters. The number of furan rings is 1. The zero-order valence-corrected chi connectivity index (χ0v) is 28.2. The van der Waals surface area contributed by atoms with Gasteiger partial charge in [-0.3, -0.25) is 0 Å². The standard InChI is InChI=1S/C47H31N3O/c1-47(2)35-22-12-9-19-31(35)41-42(47)44-39(40-33-21-11-14-24-38(33)51-45(40)41)32-20-10-13-23-37(32)50(44)30-25-26-36-34(27-30)43(28-15-5-3-6-16-28)49-46(48-36)29-17-7-4-8-18-29/h3-27H,1-2H3. The van der Waals surface area contributed by atoms with E-state index in [0.717, 1.165) is 61.3 Å². The maximum absolute atomic E-state index is 6.86.